The smallest absolute Gasteiger partial charge is 0.307 e. The molecule has 0 bridgehead atoms. The van der Waals surface area contributed by atoms with E-state index in [4.69, 9.17) is 15.7 Å². The van der Waals surface area contributed by atoms with Gasteiger partial charge in [-0.05, 0) is 31.4 Å². The van der Waals surface area contributed by atoms with Crippen molar-refractivity contribution in [3.63, 3.8) is 0 Å². The van der Waals surface area contributed by atoms with Crippen molar-refractivity contribution in [3.8, 4) is 17.1 Å². The zero-order chi connectivity index (χ0) is 18.8. The molecule has 1 saturated heterocycles. The lowest BCUT2D eigenvalue weighted by atomic mass is 10.1. The average molecular weight is 370 g/mol. The maximum absolute atomic E-state index is 12.7. The topological polar surface area (TPSA) is 80.8 Å². The SMILES string of the molecule is [C-]#[N+]c1ccc(OC2CC2)c(-c2cnc(C(=O)N[C@H]3CN[C@H](CF)C3)o2)c1. The van der Waals surface area contributed by atoms with Gasteiger partial charge in [0.05, 0.1) is 24.4 Å². The molecule has 0 spiro atoms. The van der Waals surface area contributed by atoms with Crippen LogP contribution in [-0.4, -0.2) is 42.3 Å². The first kappa shape index (κ1) is 17.5. The Labute approximate surface area is 155 Å². The van der Waals surface area contributed by atoms with E-state index >= 15 is 0 Å². The second-order valence-corrected chi connectivity index (χ2v) is 6.80. The molecule has 2 aromatic rings. The van der Waals surface area contributed by atoms with Gasteiger partial charge in [0.25, 0.3) is 5.89 Å². The second kappa shape index (κ2) is 7.37. The number of amides is 1. The molecular weight excluding hydrogens is 351 g/mol. The minimum Gasteiger partial charge on any atom is -0.490 e. The molecule has 7 nitrogen and oxygen atoms in total. The fraction of sp³-hybridized carbons (Fsp3) is 0.421. The van der Waals surface area contributed by atoms with Crippen LogP contribution in [-0.2, 0) is 0 Å². The summed E-state index contributed by atoms with van der Waals surface area (Å²) >= 11 is 0. The van der Waals surface area contributed by atoms with Crippen LogP contribution in [0.5, 0.6) is 5.75 Å². The largest absolute Gasteiger partial charge is 0.490 e. The first-order valence-electron chi connectivity index (χ1n) is 8.91. The van der Waals surface area contributed by atoms with Crippen LogP contribution in [0.3, 0.4) is 0 Å². The van der Waals surface area contributed by atoms with Gasteiger partial charge >= 0.3 is 5.91 Å². The van der Waals surface area contributed by atoms with Gasteiger partial charge in [-0.1, -0.05) is 6.07 Å². The van der Waals surface area contributed by atoms with Gasteiger partial charge in [-0.25, -0.2) is 14.2 Å². The standard InChI is InChI=1S/C19H19FN4O3/c1-21-11-2-5-16(26-14-3-4-14)15(7-11)17-10-23-19(27-17)18(25)24-13-6-12(8-20)22-9-13/h2,5,7,10,12-14,22H,3-4,6,8-9H2,(H,24,25)/t12-,13+/m0/s1. The Bertz CT molecular complexity index is 887. The lowest BCUT2D eigenvalue weighted by Crippen LogP contribution is -2.36. The third-order valence-electron chi connectivity index (χ3n) is 4.62. The van der Waals surface area contributed by atoms with Crippen molar-refractivity contribution in [2.24, 2.45) is 0 Å². The zero-order valence-electron chi connectivity index (χ0n) is 14.6. The van der Waals surface area contributed by atoms with Gasteiger partial charge in [-0.3, -0.25) is 4.79 Å². The minimum absolute atomic E-state index is 0.0701. The number of nitrogens with one attached hydrogen (secondary N) is 2. The number of rotatable bonds is 6. The van der Waals surface area contributed by atoms with Crippen molar-refractivity contribution in [3.05, 3.63) is 41.7 Å². The summed E-state index contributed by atoms with van der Waals surface area (Å²) in [6.45, 7) is 7.25. The zero-order valence-corrected chi connectivity index (χ0v) is 14.6. The molecule has 8 heteroatoms. The number of oxazole rings is 1. The van der Waals surface area contributed by atoms with Crippen LogP contribution in [0.1, 0.15) is 29.9 Å². The highest BCUT2D eigenvalue weighted by Crippen LogP contribution is 2.37. The molecule has 1 amide bonds. The van der Waals surface area contributed by atoms with E-state index in [9.17, 15) is 9.18 Å². The van der Waals surface area contributed by atoms with Crippen LogP contribution >= 0.6 is 0 Å². The van der Waals surface area contributed by atoms with Gasteiger partial charge in [0.15, 0.2) is 11.4 Å². The molecule has 2 heterocycles. The highest BCUT2D eigenvalue weighted by Gasteiger charge is 2.28. The summed E-state index contributed by atoms with van der Waals surface area (Å²) < 4.78 is 24.2. The normalized spacial score (nSPS) is 21.6. The van der Waals surface area contributed by atoms with Crippen LogP contribution in [0.25, 0.3) is 16.2 Å². The van der Waals surface area contributed by atoms with Crippen LogP contribution < -0.4 is 15.4 Å². The fourth-order valence-corrected chi connectivity index (χ4v) is 3.05. The molecule has 1 aromatic heterocycles. The Hall–Kier alpha value is -2.92. The van der Waals surface area contributed by atoms with E-state index in [0.717, 1.165) is 12.8 Å². The number of benzene rings is 1. The summed E-state index contributed by atoms with van der Waals surface area (Å²) in [6, 6.07) is 4.71. The molecule has 2 fully saturated rings. The van der Waals surface area contributed by atoms with Crippen LogP contribution in [0.4, 0.5) is 10.1 Å². The number of carbonyl (C=O) groups is 1. The molecule has 2 aliphatic rings. The molecule has 140 valence electrons. The van der Waals surface area contributed by atoms with E-state index in [0.29, 0.717) is 35.7 Å². The summed E-state index contributed by atoms with van der Waals surface area (Å²) in [6.07, 6.45) is 4.18. The van der Waals surface area contributed by atoms with E-state index in [1.165, 1.54) is 6.20 Å². The molecule has 1 aliphatic carbocycles. The molecule has 0 radical (unpaired) electrons. The Balaban J connectivity index is 1.52. The highest BCUT2D eigenvalue weighted by atomic mass is 19.1. The molecule has 1 aliphatic heterocycles. The van der Waals surface area contributed by atoms with Crippen molar-refractivity contribution in [2.45, 2.75) is 37.5 Å². The van der Waals surface area contributed by atoms with Crippen LogP contribution in [0.2, 0.25) is 0 Å². The number of alkyl halides is 1. The first-order chi connectivity index (χ1) is 13.2. The average Bonchev–Trinajstić information content (AvgIpc) is 3.18. The van der Waals surface area contributed by atoms with Gasteiger partial charge < -0.3 is 19.8 Å². The number of carbonyl (C=O) groups excluding carboxylic acids is 1. The van der Waals surface area contributed by atoms with Crippen molar-refractivity contribution in [1.29, 1.82) is 0 Å². The fourth-order valence-electron chi connectivity index (χ4n) is 3.05. The van der Waals surface area contributed by atoms with Crippen molar-refractivity contribution in [1.82, 2.24) is 15.6 Å². The maximum Gasteiger partial charge on any atom is 0.307 e. The molecule has 1 saturated carbocycles. The predicted octanol–water partition coefficient (Wildman–Crippen LogP) is 2.86. The Morgan fingerprint density at radius 1 is 1.48 bits per heavy atom. The molecular formula is C19H19FN4O3. The number of hydrogen-bond donors (Lipinski definition) is 2. The van der Waals surface area contributed by atoms with Gasteiger partial charge in [0, 0.05) is 18.6 Å². The van der Waals surface area contributed by atoms with Crippen LogP contribution in [0, 0.1) is 6.57 Å². The second-order valence-electron chi connectivity index (χ2n) is 6.80. The quantitative estimate of drug-likeness (QED) is 0.765. The minimum atomic E-state index is -0.462. The van der Waals surface area contributed by atoms with E-state index in [1.807, 2.05) is 0 Å². The number of hydrogen-bond acceptors (Lipinski definition) is 5. The van der Waals surface area contributed by atoms with Gasteiger partial charge in [-0.15, -0.1) is 0 Å². The number of aromatic nitrogens is 1. The third-order valence-corrected chi connectivity index (χ3v) is 4.62. The molecule has 27 heavy (non-hydrogen) atoms. The predicted molar refractivity (Wildman–Crippen MR) is 95.5 cm³/mol. The van der Waals surface area contributed by atoms with E-state index in [2.05, 4.69) is 20.5 Å². The number of ether oxygens (including phenoxy) is 1. The van der Waals surface area contributed by atoms with Gasteiger partial charge in [-0.2, -0.15) is 0 Å². The molecule has 1 aromatic carbocycles. The molecule has 2 atom stereocenters. The van der Waals surface area contributed by atoms with E-state index in [-0.39, 0.29) is 24.1 Å². The number of nitrogens with zero attached hydrogens (tertiary/aromatic N) is 2. The van der Waals surface area contributed by atoms with Gasteiger partial charge in [0.1, 0.15) is 12.4 Å². The van der Waals surface area contributed by atoms with E-state index < -0.39 is 12.6 Å². The van der Waals surface area contributed by atoms with Crippen molar-refractivity contribution < 1.29 is 18.3 Å². The molecule has 4 rings (SSSR count). The van der Waals surface area contributed by atoms with Crippen molar-refractivity contribution >= 4 is 11.6 Å². The summed E-state index contributed by atoms with van der Waals surface area (Å²) in [7, 11) is 0. The van der Waals surface area contributed by atoms with Crippen LogP contribution in [0.15, 0.2) is 28.8 Å². The molecule has 0 unspecified atom stereocenters. The lowest BCUT2D eigenvalue weighted by Gasteiger charge is -2.10. The Morgan fingerprint density at radius 2 is 2.33 bits per heavy atom. The maximum atomic E-state index is 12.7. The summed E-state index contributed by atoms with van der Waals surface area (Å²) in [5, 5.41) is 5.80. The Kier molecular flexibility index (Phi) is 4.77. The third kappa shape index (κ3) is 3.93. The van der Waals surface area contributed by atoms with E-state index in [1.54, 1.807) is 18.2 Å². The summed E-state index contributed by atoms with van der Waals surface area (Å²) in [5.74, 6) is 0.462. The van der Waals surface area contributed by atoms with Crippen molar-refractivity contribution in [2.75, 3.05) is 13.2 Å². The molecule has 2 N–H and O–H groups in total. The summed E-state index contributed by atoms with van der Waals surface area (Å²) in [4.78, 5) is 19.9. The van der Waals surface area contributed by atoms with Gasteiger partial charge in [0.2, 0.25) is 0 Å². The highest BCUT2D eigenvalue weighted by molar-refractivity contribution is 5.90. The number of halogens is 1. The monoisotopic (exact) mass is 370 g/mol. The summed E-state index contributed by atoms with van der Waals surface area (Å²) in [5.41, 5.74) is 1.05. The lowest BCUT2D eigenvalue weighted by molar-refractivity contribution is 0.0905. The Morgan fingerprint density at radius 3 is 3.04 bits per heavy atom. The first-order valence-corrected chi connectivity index (χ1v) is 8.91.